The molecule has 0 aromatic heterocycles. The lowest BCUT2D eigenvalue weighted by Crippen LogP contribution is -1.92. The largest absolute Gasteiger partial charge is 0.496 e. The zero-order chi connectivity index (χ0) is 10.0. The highest BCUT2D eigenvalue weighted by Gasteiger charge is 2.14. The number of benzene rings is 1. The highest BCUT2D eigenvalue weighted by Crippen LogP contribution is 2.32. The number of halogens is 3. The fourth-order valence-electron chi connectivity index (χ4n) is 1.06. The Hall–Kier alpha value is -0.830. The second-order valence-electron chi connectivity index (χ2n) is 2.64. The van der Waals surface area contributed by atoms with Crippen molar-refractivity contribution in [3.63, 3.8) is 0 Å². The molecule has 72 valence electrons. The molecule has 0 heterocycles. The number of hydrogen-bond donors (Lipinski definition) is 0. The summed E-state index contributed by atoms with van der Waals surface area (Å²) >= 11 is 5.62. The average molecular weight is 207 g/mol. The second-order valence-corrected chi connectivity index (χ2v) is 3.05. The maximum absolute atomic E-state index is 12.3. The van der Waals surface area contributed by atoms with Gasteiger partial charge in [0.05, 0.1) is 7.11 Å². The summed E-state index contributed by atoms with van der Waals surface area (Å²) in [5.74, 6) is 0.430. The van der Waals surface area contributed by atoms with E-state index in [1.807, 2.05) is 0 Å². The number of methoxy groups -OCH3 is 1. The highest BCUT2D eigenvalue weighted by atomic mass is 35.5. The van der Waals surface area contributed by atoms with Gasteiger partial charge in [-0.15, -0.1) is 0 Å². The first-order chi connectivity index (χ1) is 6.06. The quantitative estimate of drug-likeness (QED) is 0.719. The molecular weight excluding hydrogens is 198 g/mol. The van der Waals surface area contributed by atoms with Crippen LogP contribution in [0.15, 0.2) is 12.1 Å². The van der Waals surface area contributed by atoms with Gasteiger partial charge in [0.25, 0.3) is 6.43 Å². The van der Waals surface area contributed by atoms with E-state index >= 15 is 0 Å². The summed E-state index contributed by atoms with van der Waals surface area (Å²) in [6, 6.07) is 2.74. The summed E-state index contributed by atoms with van der Waals surface area (Å²) in [6.45, 7) is 1.75. The van der Waals surface area contributed by atoms with Gasteiger partial charge in [-0.05, 0) is 24.6 Å². The third-order valence-electron chi connectivity index (χ3n) is 1.75. The van der Waals surface area contributed by atoms with Crippen LogP contribution < -0.4 is 4.74 Å². The molecule has 0 N–H and O–H groups in total. The molecule has 13 heavy (non-hydrogen) atoms. The molecule has 0 saturated heterocycles. The second kappa shape index (κ2) is 3.92. The zero-order valence-corrected chi connectivity index (χ0v) is 8.03. The van der Waals surface area contributed by atoms with E-state index in [0.717, 1.165) is 5.56 Å². The third kappa shape index (κ3) is 2.10. The van der Waals surface area contributed by atoms with Gasteiger partial charge in [-0.1, -0.05) is 11.6 Å². The van der Waals surface area contributed by atoms with Gasteiger partial charge >= 0.3 is 0 Å². The molecule has 0 amide bonds. The van der Waals surface area contributed by atoms with Crippen molar-refractivity contribution in [2.75, 3.05) is 7.11 Å². The molecule has 0 fully saturated rings. The lowest BCUT2D eigenvalue weighted by Gasteiger charge is -2.08. The van der Waals surface area contributed by atoms with Crippen molar-refractivity contribution in [1.29, 1.82) is 0 Å². The van der Waals surface area contributed by atoms with Crippen LogP contribution in [0.4, 0.5) is 8.78 Å². The molecule has 0 radical (unpaired) electrons. The van der Waals surface area contributed by atoms with Crippen LogP contribution in [-0.4, -0.2) is 7.11 Å². The Morgan fingerprint density at radius 3 is 2.46 bits per heavy atom. The van der Waals surface area contributed by atoms with Crippen molar-refractivity contribution in [1.82, 2.24) is 0 Å². The number of aryl methyl sites for hydroxylation is 1. The first-order valence-electron chi connectivity index (χ1n) is 3.68. The minimum absolute atomic E-state index is 0.0771. The van der Waals surface area contributed by atoms with E-state index in [-0.39, 0.29) is 10.6 Å². The van der Waals surface area contributed by atoms with Crippen LogP contribution in [0.25, 0.3) is 0 Å². The Morgan fingerprint density at radius 2 is 2.00 bits per heavy atom. The van der Waals surface area contributed by atoms with Gasteiger partial charge in [0.2, 0.25) is 0 Å². The molecule has 1 aromatic rings. The number of hydrogen-bond acceptors (Lipinski definition) is 1. The van der Waals surface area contributed by atoms with E-state index in [1.165, 1.54) is 19.2 Å². The van der Waals surface area contributed by atoms with E-state index < -0.39 is 6.43 Å². The van der Waals surface area contributed by atoms with Crippen LogP contribution in [-0.2, 0) is 0 Å². The lowest BCUT2D eigenvalue weighted by molar-refractivity contribution is 0.151. The van der Waals surface area contributed by atoms with E-state index in [4.69, 9.17) is 16.3 Å². The predicted molar refractivity (Wildman–Crippen MR) is 47.7 cm³/mol. The zero-order valence-electron chi connectivity index (χ0n) is 7.27. The van der Waals surface area contributed by atoms with Crippen molar-refractivity contribution in [2.45, 2.75) is 13.3 Å². The van der Waals surface area contributed by atoms with Gasteiger partial charge in [0.15, 0.2) is 0 Å². The van der Waals surface area contributed by atoms with Crippen molar-refractivity contribution >= 4 is 11.6 Å². The standard InChI is InChI=1S/C9H9ClF2O/c1-5-3-7(10)6(9(11)12)4-8(5)13-2/h3-4,9H,1-2H3. The molecule has 0 saturated carbocycles. The summed E-state index contributed by atoms with van der Waals surface area (Å²) in [4.78, 5) is 0. The van der Waals surface area contributed by atoms with Crippen LogP contribution in [0.5, 0.6) is 5.75 Å². The van der Waals surface area contributed by atoms with E-state index in [0.29, 0.717) is 5.75 Å². The first-order valence-corrected chi connectivity index (χ1v) is 4.06. The minimum atomic E-state index is -2.57. The number of rotatable bonds is 2. The molecule has 0 aliphatic carbocycles. The summed E-state index contributed by atoms with van der Waals surface area (Å²) in [7, 11) is 1.44. The van der Waals surface area contributed by atoms with Crippen molar-refractivity contribution in [2.24, 2.45) is 0 Å². The van der Waals surface area contributed by atoms with E-state index in [9.17, 15) is 8.78 Å². The Balaban J connectivity index is 3.22. The number of ether oxygens (including phenoxy) is 1. The van der Waals surface area contributed by atoms with Crippen LogP contribution in [0.1, 0.15) is 17.6 Å². The lowest BCUT2D eigenvalue weighted by atomic mass is 10.1. The molecule has 4 heteroatoms. The monoisotopic (exact) mass is 206 g/mol. The Morgan fingerprint density at radius 1 is 1.38 bits per heavy atom. The topological polar surface area (TPSA) is 9.23 Å². The fraction of sp³-hybridized carbons (Fsp3) is 0.333. The maximum Gasteiger partial charge on any atom is 0.265 e. The molecule has 0 bridgehead atoms. The minimum Gasteiger partial charge on any atom is -0.496 e. The Bertz CT molecular complexity index is 313. The van der Waals surface area contributed by atoms with Crippen LogP contribution in [0.3, 0.4) is 0 Å². The van der Waals surface area contributed by atoms with Crippen molar-refractivity contribution in [3.8, 4) is 5.75 Å². The summed E-state index contributed by atoms with van der Waals surface area (Å²) in [5, 5.41) is 0.0771. The smallest absolute Gasteiger partial charge is 0.265 e. The fourth-order valence-corrected chi connectivity index (χ4v) is 1.36. The molecule has 1 rings (SSSR count). The predicted octanol–water partition coefficient (Wildman–Crippen LogP) is 3.59. The van der Waals surface area contributed by atoms with Gasteiger partial charge in [0.1, 0.15) is 5.75 Å². The molecule has 0 spiro atoms. The Labute approximate surface area is 80.3 Å². The average Bonchev–Trinajstić information content (AvgIpc) is 2.03. The number of alkyl halides is 2. The molecule has 0 aliphatic heterocycles. The molecule has 0 aliphatic rings. The molecule has 1 nitrogen and oxygen atoms in total. The van der Waals surface area contributed by atoms with Gasteiger partial charge in [-0.2, -0.15) is 0 Å². The SMILES string of the molecule is COc1cc(C(F)F)c(Cl)cc1C. The van der Waals surface area contributed by atoms with Gasteiger partial charge < -0.3 is 4.74 Å². The summed E-state index contributed by atoms with van der Waals surface area (Å²) in [5.41, 5.74) is 0.556. The van der Waals surface area contributed by atoms with Gasteiger partial charge in [-0.3, -0.25) is 0 Å². The first kappa shape index (κ1) is 10.3. The van der Waals surface area contributed by atoms with Crippen LogP contribution in [0, 0.1) is 6.92 Å². The normalized spacial score (nSPS) is 10.6. The third-order valence-corrected chi connectivity index (χ3v) is 2.08. The van der Waals surface area contributed by atoms with Crippen molar-refractivity contribution < 1.29 is 13.5 Å². The van der Waals surface area contributed by atoms with Crippen LogP contribution >= 0.6 is 11.6 Å². The van der Waals surface area contributed by atoms with Gasteiger partial charge in [-0.25, -0.2) is 8.78 Å². The van der Waals surface area contributed by atoms with Gasteiger partial charge in [0, 0.05) is 10.6 Å². The molecule has 1 aromatic carbocycles. The maximum atomic E-state index is 12.3. The summed E-state index contributed by atoms with van der Waals surface area (Å²) in [6.07, 6.45) is -2.57. The van der Waals surface area contributed by atoms with E-state index in [2.05, 4.69) is 0 Å². The van der Waals surface area contributed by atoms with Crippen LogP contribution in [0.2, 0.25) is 5.02 Å². The molecule has 0 atom stereocenters. The van der Waals surface area contributed by atoms with E-state index in [1.54, 1.807) is 6.92 Å². The molecular formula is C9H9ClF2O. The van der Waals surface area contributed by atoms with Crippen molar-refractivity contribution in [3.05, 3.63) is 28.3 Å². The summed E-state index contributed by atoms with van der Waals surface area (Å²) < 4.78 is 29.6. The molecule has 0 unspecified atom stereocenters. The highest BCUT2D eigenvalue weighted by molar-refractivity contribution is 6.31. The Kier molecular flexibility index (Phi) is 3.09.